The molecule has 0 spiro atoms. The van der Waals surface area contributed by atoms with Crippen LogP contribution >= 0.6 is 0 Å². The van der Waals surface area contributed by atoms with Gasteiger partial charge in [0.05, 0.1) is 11.0 Å². The van der Waals surface area contributed by atoms with Gasteiger partial charge >= 0.3 is 12.1 Å². The van der Waals surface area contributed by atoms with Gasteiger partial charge in [-0.15, -0.1) is 0 Å². The molecule has 7 heteroatoms. The lowest BCUT2D eigenvalue weighted by atomic mass is 10.1. The van der Waals surface area contributed by atoms with Gasteiger partial charge < -0.3 is 14.8 Å². The lowest BCUT2D eigenvalue weighted by Gasteiger charge is -2.23. The van der Waals surface area contributed by atoms with Crippen LogP contribution in [0.3, 0.4) is 0 Å². The monoisotopic (exact) mass is 513 g/mol. The van der Waals surface area contributed by atoms with E-state index in [2.05, 4.69) is 35.9 Å². The fraction of sp³-hybridized carbons (Fsp3) is 0.323. The van der Waals surface area contributed by atoms with Crippen LogP contribution in [0.15, 0.2) is 72.8 Å². The predicted octanol–water partition coefficient (Wildman–Crippen LogP) is 6.21. The Kier molecular flexibility index (Phi) is 8.15. The highest BCUT2D eigenvalue weighted by Crippen LogP contribution is 2.26. The summed E-state index contributed by atoms with van der Waals surface area (Å²) in [6.45, 7) is 9.61. The highest BCUT2D eigenvalue weighted by atomic mass is 16.6. The van der Waals surface area contributed by atoms with Crippen molar-refractivity contribution in [2.24, 2.45) is 0 Å². The number of rotatable bonds is 8. The number of aryl methyl sites for hydroxylation is 3. The average molecular weight is 514 g/mol. The molecule has 1 unspecified atom stereocenters. The van der Waals surface area contributed by atoms with Crippen molar-refractivity contribution >= 4 is 23.1 Å². The Morgan fingerprint density at radius 3 is 2.24 bits per heavy atom. The molecule has 1 aromatic heterocycles. The topological polar surface area (TPSA) is 82.4 Å². The first-order valence-electron chi connectivity index (χ1n) is 12.8. The van der Waals surface area contributed by atoms with E-state index in [9.17, 15) is 9.59 Å². The van der Waals surface area contributed by atoms with E-state index in [-0.39, 0.29) is 6.61 Å². The Balaban J connectivity index is 1.60. The number of imidazole rings is 1. The van der Waals surface area contributed by atoms with Crippen LogP contribution in [-0.4, -0.2) is 33.3 Å². The molecule has 4 rings (SSSR count). The number of ether oxygens (including phenoxy) is 2. The van der Waals surface area contributed by atoms with Crippen molar-refractivity contribution in [1.82, 2.24) is 14.9 Å². The molecule has 3 aromatic carbocycles. The number of nitrogens with zero attached hydrogens (tertiary/aromatic N) is 2. The van der Waals surface area contributed by atoms with Gasteiger partial charge in [0.1, 0.15) is 24.1 Å². The molecule has 1 amide bonds. The molecule has 38 heavy (non-hydrogen) atoms. The Labute approximate surface area is 223 Å². The quantitative estimate of drug-likeness (QED) is 0.283. The number of aromatic nitrogens is 2. The Bertz CT molecular complexity index is 1410. The molecule has 0 saturated heterocycles. The van der Waals surface area contributed by atoms with Gasteiger partial charge in [-0.25, -0.2) is 14.6 Å². The lowest BCUT2D eigenvalue weighted by molar-refractivity contribution is -0.147. The normalized spacial score (nSPS) is 12.2. The van der Waals surface area contributed by atoms with Gasteiger partial charge in [0.15, 0.2) is 0 Å². The first-order valence-corrected chi connectivity index (χ1v) is 12.8. The van der Waals surface area contributed by atoms with E-state index in [1.165, 1.54) is 5.56 Å². The molecule has 1 atom stereocenters. The zero-order valence-corrected chi connectivity index (χ0v) is 22.7. The summed E-state index contributed by atoms with van der Waals surface area (Å²) < 4.78 is 13.1. The smallest absolute Gasteiger partial charge is 0.408 e. The first-order chi connectivity index (χ1) is 18.1. The fourth-order valence-electron chi connectivity index (χ4n) is 4.22. The minimum Gasteiger partial charge on any atom is -0.459 e. The molecule has 1 N–H and O–H groups in total. The summed E-state index contributed by atoms with van der Waals surface area (Å²) in [5, 5.41) is 2.72. The lowest BCUT2D eigenvalue weighted by Crippen LogP contribution is -2.44. The van der Waals surface area contributed by atoms with Crippen LogP contribution in [0.25, 0.3) is 16.7 Å². The molecule has 0 aliphatic carbocycles. The van der Waals surface area contributed by atoms with Crippen LogP contribution in [0, 0.1) is 13.8 Å². The molecule has 4 aromatic rings. The minimum atomic E-state index is -0.902. The Morgan fingerprint density at radius 1 is 0.947 bits per heavy atom. The summed E-state index contributed by atoms with van der Waals surface area (Å²) in [5.41, 5.74) is 5.38. The van der Waals surface area contributed by atoms with E-state index < -0.39 is 23.7 Å². The van der Waals surface area contributed by atoms with E-state index in [1.807, 2.05) is 60.7 Å². The van der Waals surface area contributed by atoms with Gasteiger partial charge in [-0.3, -0.25) is 4.57 Å². The summed E-state index contributed by atoms with van der Waals surface area (Å²) in [4.78, 5) is 30.7. The number of nitrogens with one attached hydrogen (secondary N) is 1. The van der Waals surface area contributed by atoms with Crippen molar-refractivity contribution < 1.29 is 19.1 Å². The molecule has 0 aliphatic heterocycles. The number of benzene rings is 3. The van der Waals surface area contributed by atoms with Crippen LogP contribution in [0.4, 0.5) is 4.79 Å². The zero-order valence-electron chi connectivity index (χ0n) is 22.7. The van der Waals surface area contributed by atoms with Crippen molar-refractivity contribution in [1.29, 1.82) is 0 Å². The summed E-state index contributed by atoms with van der Waals surface area (Å²) >= 11 is 0. The van der Waals surface area contributed by atoms with Crippen LogP contribution in [0.2, 0.25) is 0 Å². The van der Waals surface area contributed by atoms with Crippen molar-refractivity contribution in [3.05, 3.63) is 95.3 Å². The maximum atomic E-state index is 13.1. The molecule has 1 heterocycles. The number of hydrogen-bond acceptors (Lipinski definition) is 5. The van der Waals surface area contributed by atoms with Gasteiger partial charge in [-0.1, -0.05) is 48.5 Å². The maximum absolute atomic E-state index is 13.1. The van der Waals surface area contributed by atoms with Gasteiger partial charge in [-0.05, 0) is 82.0 Å². The first kappa shape index (κ1) is 26.9. The summed E-state index contributed by atoms with van der Waals surface area (Å²) in [5.74, 6) is 0.275. The third-order valence-corrected chi connectivity index (χ3v) is 6.21. The molecule has 0 aliphatic rings. The molecular weight excluding hydrogens is 478 g/mol. The van der Waals surface area contributed by atoms with Gasteiger partial charge in [0.25, 0.3) is 0 Å². The number of amides is 1. The van der Waals surface area contributed by atoms with Crippen molar-refractivity contribution in [3.63, 3.8) is 0 Å². The number of alkyl carbamates (subject to hydrolysis) is 1. The highest BCUT2D eigenvalue weighted by Gasteiger charge is 2.27. The third kappa shape index (κ3) is 6.79. The number of carbonyl (C=O) groups excluding carboxylic acids is 2. The van der Waals surface area contributed by atoms with Crippen LogP contribution in [-0.2, 0) is 27.3 Å². The average Bonchev–Trinajstić information content (AvgIpc) is 3.22. The Morgan fingerprint density at radius 2 is 1.58 bits per heavy atom. The minimum absolute atomic E-state index is 0.118. The van der Waals surface area contributed by atoms with Gasteiger partial charge in [0.2, 0.25) is 0 Å². The Hall–Kier alpha value is -4.13. The summed E-state index contributed by atoms with van der Waals surface area (Å²) in [6.07, 6.45) is 0.0609. The predicted molar refractivity (Wildman–Crippen MR) is 148 cm³/mol. The molecule has 0 bridgehead atoms. The second-order valence-corrected chi connectivity index (χ2v) is 10.5. The molecule has 0 radical (unpaired) electrons. The largest absolute Gasteiger partial charge is 0.459 e. The van der Waals surface area contributed by atoms with Gasteiger partial charge in [-0.2, -0.15) is 0 Å². The standard InChI is InChI=1S/C31H35N3O4/c1-21-18-26-27(19-22(21)2)34(24-14-10-7-11-15-24)28(32-26)17-16-25(33-30(36)38-31(3,4)5)29(35)37-20-23-12-8-6-9-13-23/h6-15,18-19,25H,16-17,20H2,1-5H3,(H,33,36). The second-order valence-electron chi connectivity index (χ2n) is 10.5. The fourth-order valence-corrected chi connectivity index (χ4v) is 4.22. The van der Waals surface area contributed by atoms with E-state index in [1.54, 1.807) is 20.8 Å². The second kappa shape index (κ2) is 11.5. The van der Waals surface area contributed by atoms with Crippen molar-refractivity contribution in [2.75, 3.05) is 0 Å². The van der Waals surface area contributed by atoms with E-state index in [4.69, 9.17) is 14.5 Å². The number of fused-ring (bicyclic) bond motifs is 1. The summed E-state index contributed by atoms with van der Waals surface area (Å²) in [6, 6.07) is 22.8. The number of para-hydroxylation sites is 1. The highest BCUT2D eigenvalue weighted by molar-refractivity contribution is 5.82. The molecule has 198 valence electrons. The molecule has 0 saturated carbocycles. The number of carbonyl (C=O) groups is 2. The van der Waals surface area contributed by atoms with Crippen LogP contribution in [0.5, 0.6) is 0 Å². The third-order valence-electron chi connectivity index (χ3n) is 6.21. The molecule has 7 nitrogen and oxygen atoms in total. The number of hydrogen-bond donors (Lipinski definition) is 1. The molecular formula is C31H35N3O4. The molecule has 0 fully saturated rings. The van der Waals surface area contributed by atoms with Crippen LogP contribution < -0.4 is 5.32 Å². The SMILES string of the molecule is Cc1cc2nc(CCC(NC(=O)OC(C)(C)C)C(=O)OCc3ccccc3)n(-c3ccccc3)c2cc1C. The maximum Gasteiger partial charge on any atom is 0.408 e. The van der Waals surface area contributed by atoms with E-state index in [0.717, 1.165) is 33.7 Å². The van der Waals surface area contributed by atoms with E-state index in [0.29, 0.717) is 12.8 Å². The van der Waals surface area contributed by atoms with Crippen molar-refractivity contribution in [2.45, 2.75) is 65.7 Å². The van der Waals surface area contributed by atoms with Crippen LogP contribution in [0.1, 0.15) is 49.7 Å². The van der Waals surface area contributed by atoms with Crippen molar-refractivity contribution in [3.8, 4) is 5.69 Å². The number of esters is 1. The zero-order chi connectivity index (χ0) is 27.3. The van der Waals surface area contributed by atoms with Gasteiger partial charge in [0, 0.05) is 12.1 Å². The van der Waals surface area contributed by atoms with E-state index >= 15 is 0 Å². The summed E-state index contributed by atoms with van der Waals surface area (Å²) in [7, 11) is 0.